The third kappa shape index (κ3) is 2.44. The standard InChI is InChI=1S/C17H16N2O2S/c1-9-8-14(18)12-6-4-5-7-13(12)15(9)21-17-16(10(2)20)22-11(3)19-17/h4-8H,18H2,1-3H3. The van der Waals surface area contributed by atoms with E-state index in [2.05, 4.69) is 4.98 Å². The lowest BCUT2D eigenvalue weighted by Gasteiger charge is -2.13. The predicted molar refractivity (Wildman–Crippen MR) is 90.0 cm³/mol. The van der Waals surface area contributed by atoms with Crippen LogP contribution < -0.4 is 10.5 Å². The molecule has 0 atom stereocenters. The fourth-order valence-electron chi connectivity index (χ4n) is 2.45. The van der Waals surface area contributed by atoms with E-state index >= 15 is 0 Å². The van der Waals surface area contributed by atoms with Gasteiger partial charge in [-0.3, -0.25) is 4.79 Å². The van der Waals surface area contributed by atoms with E-state index in [4.69, 9.17) is 10.5 Å². The van der Waals surface area contributed by atoms with Gasteiger partial charge in [-0.05, 0) is 25.5 Å². The van der Waals surface area contributed by atoms with Crippen molar-refractivity contribution >= 4 is 33.6 Å². The van der Waals surface area contributed by atoms with Crippen LogP contribution in [0.15, 0.2) is 30.3 Å². The molecule has 4 nitrogen and oxygen atoms in total. The van der Waals surface area contributed by atoms with Crippen LogP contribution in [0.4, 0.5) is 5.69 Å². The summed E-state index contributed by atoms with van der Waals surface area (Å²) in [4.78, 5) is 16.6. The number of thiazole rings is 1. The fraction of sp³-hybridized carbons (Fsp3) is 0.176. The molecule has 3 aromatic rings. The van der Waals surface area contributed by atoms with Gasteiger partial charge in [-0.15, -0.1) is 11.3 Å². The summed E-state index contributed by atoms with van der Waals surface area (Å²) >= 11 is 1.35. The highest BCUT2D eigenvalue weighted by molar-refractivity contribution is 7.13. The molecule has 0 saturated heterocycles. The van der Waals surface area contributed by atoms with Crippen LogP contribution in [0, 0.1) is 13.8 Å². The van der Waals surface area contributed by atoms with Gasteiger partial charge in [-0.1, -0.05) is 24.3 Å². The van der Waals surface area contributed by atoms with Crippen LogP contribution in [0.25, 0.3) is 10.8 Å². The molecule has 0 bridgehead atoms. The number of aryl methyl sites for hydroxylation is 2. The van der Waals surface area contributed by atoms with Crippen molar-refractivity contribution in [2.75, 3.05) is 5.73 Å². The van der Waals surface area contributed by atoms with Crippen molar-refractivity contribution in [1.29, 1.82) is 0 Å². The lowest BCUT2D eigenvalue weighted by atomic mass is 10.0. The molecule has 1 heterocycles. The molecule has 0 saturated carbocycles. The quantitative estimate of drug-likeness (QED) is 0.571. The minimum atomic E-state index is -0.0435. The lowest BCUT2D eigenvalue weighted by molar-refractivity contribution is 0.101. The second kappa shape index (κ2) is 5.42. The Kier molecular flexibility index (Phi) is 3.58. The maximum Gasteiger partial charge on any atom is 0.241 e. The molecule has 0 fully saturated rings. The lowest BCUT2D eigenvalue weighted by Crippen LogP contribution is -1.97. The third-order valence-electron chi connectivity index (χ3n) is 3.43. The van der Waals surface area contributed by atoms with Crippen LogP contribution >= 0.6 is 11.3 Å². The SMILES string of the molecule is CC(=O)c1sc(C)nc1Oc1c(C)cc(N)c2ccccc12. The highest BCUT2D eigenvalue weighted by Gasteiger charge is 2.18. The van der Waals surface area contributed by atoms with E-state index < -0.39 is 0 Å². The van der Waals surface area contributed by atoms with Crippen LogP contribution in [-0.4, -0.2) is 10.8 Å². The normalized spacial score (nSPS) is 10.9. The minimum Gasteiger partial charge on any atom is -0.436 e. The molecule has 5 heteroatoms. The molecule has 1 aromatic heterocycles. The largest absolute Gasteiger partial charge is 0.436 e. The predicted octanol–water partition coefficient (Wildman–Crippen LogP) is 4.49. The number of nitrogens with zero attached hydrogens (tertiary/aromatic N) is 1. The number of hydrogen-bond donors (Lipinski definition) is 1. The first-order valence-electron chi connectivity index (χ1n) is 6.91. The Bertz CT molecular complexity index is 884. The zero-order valence-electron chi connectivity index (χ0n) is 12.6. The van der Waals surface area contributed by atoms with Gasteiger partial charge in [-0.25, -0.2) is 4.98 Å². The molecule has 0 radical (unpaired) electrons. The Morgan fingerprint density at radius 1 is 1.23 bits per heavy atom. The van der Waals surface area contributed by atoms with Gasteiger partial charge in [0.05, 0.1) is 5.01 Å². The molecule has 0 spiro atoms. The molecule has 0 unspecified atom stereocenters. The molecule has 0 aliphatic carbocycles. The summed E-state index contributed by atoms with van der Waals surface area (Å²) in [5.74, 6) is 1.02. The average Bonchev–Trinajstić information content (AvgIpc) is 2.84. The molecular weight excluding hydrogens is 296 g/mol. The number of fused-ring (bicyclic) bond motifs is 1. The first kappa shape index (κ1) is 14.5. The van der Waals surface area contributed by atoms with Crippen molar-refractivity contribution in [2.24, 2.45) is 0 Å². The van der Waals surface area contributed by atoms with E-state index in [-0.39, 0.29) is 5.78 Å². The van der Waals surface area contributed by atoms with Crippen LogP contribution in [0.1, 0.15) is 27.2 Å². The zero-order chi connectivity index (χ0) is 15.9. The van der Waals surface area contributed by atoms with Gasteiger partial charge in [0.1, 0.15) is 10.6 Å². The van der Waals surface area contributed by atoms with Crippen LogP contribution in [-0.2, 0) is 0 Å². The van der Waals surface area contributed by atoms with Crippen LogP contribution in [0.5, 0.6) is 11.6 Å². The first-order chi connectivity index (χ1) is 10.5. The number of Topliss-reactive ketones (excluding diaryl/α,β-unsaturated/α-hetero) is 1. The number of ether oxygens (including phenoxy) is 1. The highest BCUT2D eigenvalue weighted by atomic mass is 32.1. The number of nitrogen functional groups attached to an aromatic ring is 1. The number of aromatic nitrogens is 1. The summed E-state index contributed by atoms with van der Waals surface area (Å²) in [6.07, 6.45) is 0. The molecule has 0 amide bonds. The number of nitrogens with two attached hydrogens (primary N) is 1. The van der Waals surface area contributed by atoms with Crippen molar-refractivity contribution < 1.29 is 9.53 Å². The Morgan fingerprint density at radius 3 is 2.59 bits per heavy atom. The Balaban J connectivity index is 2.18. The van der Waals surface area contributed by atoms with Gasteiger partial charge in [-0.2, -0.15) is 0 Å². The zero-order valence-corrected chi connectivity index (χ0v) is 13.5. The molecule has 2 aromatic carbocycles. The molecular formula is C17H16N2O2S. The maximum atomic E-state index is 11.7. The molecule has 0 aliphatic rings. The summed E-state index contributed by atoms with van der Waals surface area (Å²) in [6.45, 7) is 5.32. The third-order valence-corrected chi connectivity index (χ3v) is 4.49. The van der Waals surface area contributed by atoms with E-state index in [1.165, 1.54) is 18.3 Å². The molecule has 0 aliphatic heterocycles. The van der Waals surface area contributed by atoms with Gasteiger partial charge in [0.25, 0.3) is 0 Å². The smallest absolute Gasteiger partial charge is 0.241 e. The summed E-state index contributed by atoms with van der Waals surface area (Å²) in [5.41, 5.74) is 7.70. The maximum absolute atomic E-state index is 11.7. The number of rotatable bonds is 3. The first-order valence-corrected chi connectivity index (χ1v) is 7.73. The highest BCUT2D eigenvalue weighted by Crippen LogP contribution is 2.38. The van der Waals surface area contributed by atoms with Gasteiger partial charge in [0.15, 0.2) is 5.78 Å². The van der Waals surface area contributed by atoms with Gasteiger partial charge in [0, 0.05) is 23.4 Å². The van der Waals surface area contributed by atoms with Crippen molar-refractivity contribution in [1.82, 2.24) is 4.98 Å². The van der Waals surface area contributed by atoms with E-state index in [1.54, 1.807) is 0 Å². The molecule has 112 valence electrons. The Morgan fingerprint density at radius 2 is 1.91 bits per heavy atom. The second-order valence-electron chi connectivity index (χ2n) is 5.18. The number of benzene rings is 2. The van der Waals surface area contributed by atoms with Crippen LogP contribution in [0.3, 0.4) is 0 Å². The minimum absolute atomic E-state index is 0.0435. The van der Waals surface area contributed by atoms with Crippen molar-refractivity contribution in [3.63, 3.8) is 0 Å². The van der Waals surface area contributed by atoms with Gasteiger partial charge < -0.3 is 10.5 Å². The van der Waals surface area contributed by atoms with Crippen molar-refractivity contribution in [2.45, 2.75) is 20.8 Å². The number of carbonyl (C=O) groups excluding carboxylic acids is 1. The van der Waals surface area contributed by atoms with Crippen molar-refractivity contribution in [3.05, 3.63) is 45.8 Å². The number of hydrogen-bond acceptors (Lipinski definition) is 5. The summed E-state index contributed by atoms with van der Waals surface area (Å²) in [6, 6.07) is 9.66. The topological polar surface area (TPSA) is 65.2 Å². The van der Waals surface area contributed by atoms with Gasteiger partial charge in [0.2, 0.25) is 5.88 Å². The van der Waals surface area contributed by atoms with E-state index in [9.17, 15) is 4.79 Å². The number of carbonyl (C=O) groups is 1. The van der Waals surface area contributed by atoms with E-state index in [1.807, 2.05) is 44.2 Å². The Hall–Kier alpha value is -2.40. The van der Waals surface area contributed by atoms with Crippen molar-refractivity contribution in [3.8, 4) is 11.6 Å². The van der Waals surface area contributed by atoms with E-state index in [0.29, 0.717) is 22.2 Å². The summed E-state index contributed by atoms with van der Waals surface area (Å²) < 4.78 is 6.01. The van der Waals surface area contributed by atoms with Gasteiger partial charge >= 0.3 is 0 Å². The molecule has 3 rings (SSSR count). The molecule has 2 N–H and O–H groups in total. The molecule has 22 heavy (non-hydrogen) atoms. The number of anilines is 1. The summed E-state index contributed by atoms with van der Waals surface area (Å²) in [7, 11) is 0. The monoisotopic (exact) mass is 312 g/mol. The second-order valence-corrected chi connectivity index (χ2v) is 6.39. The Labute approximate surface area is 132 Å². The number of ketones is 1. The summed E-state index contributed by atoms with van der Waals surface area (Å²) in [5, 5.41) is 2.65. The average molecular weight is 312 g/mol. The van der Waals surface area contributed by atoms with E-state index in [0.717, 1.165) is 21.3 Å². The van der Waals surface area contributed by atoms with Crippen LogP contribution in [0.2, 0.25) is 0 Å². The fourth-order valence-corrected chi connectivity index (χ4v) is 3.20.